The standard InChI is InChI=1S/C14H18N2/c1-4-9-15-13-8-7-10-16-14(13)11-12(5-2)6-3/h2,7-10,12H,4,6,11H2,1,3H3/b15-9-. The second-order valence-corrected chi connectivity index (χ2v) is 3.67. The van der Waals surface area contributed by atoms with E-state index >= 15 is 0 Å². The van der Waals surface area contributed by atoms with E-state index in [0.717, 1.165) is 30.6 Å². The zero-order valence-electron chi connectivity index (χ0n) is 9.98. The van der Waals surface area contributed by atoms with Crippen LogP contribution in [0.4, 0.5) is 5.69 Å². The molecule has 0 amide bonds. The number of nitrogens with zero attached hydrogens (tertiary/aromatic N) is 2. The third-order valence-electron chi connectivity index (χ3n) is 2.45. The lowest BCUT2D eigenvalue weighted by molar-refractivity contribution is 0.637. The molecule has 2 nitrogen and oxygen atoms in total. The van der Waals surface area contributed by atoms with Gasteiger partial charge in [-0.1, -0.05) is 13.8 Å². The summed E-state index contributed by atoms with van der Waals surface area (Å²) < 4.78 is 0. The number of aromatic nitrogens is 1. The first-order valence-electron chi connectivity index (χ1n) is 5.74. The molecule has 1 rings (SSSR count). The average molecular weight is 214 g/mol. The number of hydrogen-bond acceptors (Lipinski definition) is 2. The van der Waals surface area contributed by atoms with Crippen LogP contribution < -0.4 is 0 Å². The normalized spacial score (nSPS) is 12.6. The molecule has 1 aromatic heterocycles. The first-order valence-corrected chi connectivity index (χ1v) is 5.74. The monoisotopic (exact) mass is 214 g/mol. The largest absolute Gasteiger partial charge is 0.259 e. The molecule has 0 aliphatic heterocycles. The Kier molecular flexibility index (Phi) is 5.28. The fourth-order valence-electron chi connectivity index (χ4n) is 1.45. The Labute approximate surface area is 97.8 Å². The Morgan fingerprint density at radius 1 is 1.56 bits per heavy atom. The lowest BCUT2D eigenvalue weighted by atomic mass is 10.0. The van der Waals surface area contributed by atoms with Crippen LogP contribution in [0, 0.1) is 18.3 Å². The number of rotatable bonds is 5. The van der Waals surface area contributed by atoms with Crippen LogP contribution in [0.1, 0.15) is 32.4 Å². The van der Waals surface area contributed by atoms with Crippen LogP contribution in [0.5, 0.6) is 0 Å². The minimum absolute atomic E-state index is 0.255. The fourth-order valence-corrected chi connectivity index (χ4v) is 1.45. The summed E-state index contributed by atoms with van der Waals surface area (Å²) >= 11 is 0. The molecule has 1 aromatic rings. The summed E-state index contributed by atoms with van der Waals surface area (Å²) in [5.74, 6) is 3.05. The third kappa shape index (κ3) is 3.51. The molecule has 0 saturated heterocycles. The summed E-state index contributed by atoms with van der Waals surface area (Å²) in [5.41, 5.74) is 1.94. The van der Waals surface area contributed by atoms with Crippen molar-refractivity contribution in [2.24, 2.45) is 10.9 Å². The molecule has 0 saturated carbocycles. The Hall–Kier alpha value is -1.62. The molecule has 0 fully saturated rings. The van der Waals surface area contributed by atoms with Gasteiger partial charge in [-0.15, -0.1) is 12.3 Å². The van der Waals surface area contributed by atoms with Gasteiger partial charge < -0.3 is 0 Å². The van der Waals surface area contributed by atoms with Gasteiger partial charge in [-0.2, -0.15) is 0 Å². The molecule has 0 aliphatic carbocycles. The highest BCUT2D eigenvalue weighted by atomic mass is 14.8. The van der Waals surface area contributed by atoms with Crippen molar-refractivity contribution >= 4 is 11.9 Å². The van der Waals surface area contributed by atoms with Gasteiger partial charge in [0.2, 0.25) is 0 Å². The summed E-state index contributed by atoms with van der Waals surface area (Å²) in [4.78, 5) is 8.75. The highest BCUT2D eigenvalue weighted by Gasteiger charge is 2.08. The third-order valence-corrected chi connectivity index (χ3v) is 2.45. The molecule has 0 aromatic carbocycles. The molecule has 1 atom stereocenters. The first kappa shape index (κ1) is 12.4. The Morgan fingerprint density at radius 3 is 3.00 bits per heavy atom. The van der Waals surface area contributed by atoms with E-state index in [9.17, 15) is 0 Å². The van der Waals surface area contributed by atoms with E-state index in [0.29, 0.717) is 0 Å². The van der Waals surface area contributed by atoms with Crippen molar-refractivity contribution < 1.29 is 0 Å². The molecule has 0 N–H and O–H groups in total. The van der Waals surface area contributed by atoms with E-state index in [1.807, 2.05) is 18.3 Å². The van der Waals surface area contributed by atoms with Crippen LogP contribution in [0.25, 0.3) is 0 Å². The summed E-state index contributed by atoms with van der Waals surface area (Å²) in [6.07, 6.45) is 11.9. The maximum absolute atomic E-state index is 5.47. The van der Waals surface area contributed by atoms with Gasteiger partial charge in [0.05, 0.1) is 11.4 Å². The van der Waals surface area contributed by atoms with Crippen LogP contribution in [-0.2, 0) is 6.42 Å². The molecule has 0 spiro atoms. The molecule has 1 unspecified atom stereocenters. The predicted molar refractivity (Wildman–Crippen MR) is 69.0 cm³/mol. The molecule has 84 valence electrons. The van der Waals surface area contributed by atoms with Gasteiger partial charge in [-0.05, 0) is 25.0 Å². The number of pyridine rings is 1. The van der Waals surface area contributed by atoms with Crippen LogP contribution in [-0.4, -0.2) is 11.2 Å². The zero-order chi connectivity index (χ0) is 11.8. The van der Waals surface area contributed by atoms with Crippen molar-refractivity contribution in [3.63, 3.8) is 0 Å². The van der Waals surface area contributed by atoms with Crippen molar-refractivity contribution in [3.8, 4) is 12.3 Å². The second kappa shape index (κ2) is 6.79. The number of hydrogen-bond donors (Lipinski definition) is 0. The zero-order valence-corrected chi connectivity index (χ0v) is 9.98. The molecule has 0 bridgehead atoms. The summed E-state index contributed by atoms with van der Waals surface area (Å²) in [7, 11) is 0. The predicted octanol–water partition coefficient (Wildman–Crippen LogP) is 3.40. The van der Waals surface area contributed by atoms with E-state index < -0.39 is 0 Å². The lowest BCUT2D eigenvalue weighted by Gasteiger charge is -2.08. The molecule has 16 heavy (non-hydrogen) atoms. The molecule has 0 aliphatic rings. The lowest BCUT2D eigenvalue weighted by Crippen LogP contribution is -2.02. The minimum Gasteiger partial charge on any atom is -0.259 e. The Morgan fingerprint density at radius 2 is 2.38 bits per heavy atom. The van der Waals surface area contributed by atoms with Gasteiger partial charge in [-0.3, -0.25) is 9.98 Å². The van der Waals surface area contributed by atoms with Gasteiger partial charge in [-0.25, -0.2) is 0 Å². The van der Waals surface area contributed by atoms with Crippen molar-refractivity contribution in [2.45, 2.75) is 33.1 Å². The SMILES string of the molecule is C#CC(CC)Cc1ncccc1/N=C\CC. The quantitative estimate of drug-likeness (QED) is 0.544. The average Bonchev–Trinajstić information content (AvgIpc) is 2.34. The molecular weight excluding hydrogens is 196 g/mol. The number of terminal acetylenes is 1. The Balaban J connectivity index is 2.86. The minimum atomic E-state index is 0.255. The summed E-state index contributed by atoms with van der Waals surface area (Å²) in [5, 5.41) is 0. The molecule has 0 radical (unpaired) electrons. The van der Waals surface area contributed by atoms with Gasteiger partial charge in [0.25, 0.3) is 0 Å². The molecular formula is C14H18N2. The van der Waals surface area contributed by atoms with Gasteiger partial charge in [0, 0.05) is 24.8 Å². The van der Waals surface area contributed by atoms with Crippen molar-refractivity contribution in [1.82, 2.24) is 4.98 Å². The van der Waals surface area contributed by atoms with Crippen LogP contribution in [0.15, 0.2) is 23.3 Å². The fraction of sp³-hybridized carbons (Fsp3) is 0.429. The van der Waals surface area contributed by atoms with Gasteiger partial charge in [0.1, 0.15) is 0 Å². The topological polar surface area (TPSA) is 25.2 Å². The maximum Gasteiger partial charge on any atom is 0.0841 e. The summed E-state index contributed by atoms with van der Waals surface area (Å²) in [6, 6.07) is 3.89. The molecule has 1 heterocycles. The first-order chi connectivity index (χ1) is 7.81. The van der Waals surface area contributed by atoms with E-state index in [1.165, 1.54) is 0 Å². The van der Waals surface area contributed by atoms with E-state index in [-0.39, 0.29) is 5.92 Å². The smallest absolute Gasteiger partial charge is 0.0841 e. The van der Waals surface area contributed by atoms with Crippen LogP contribution >= 0.6 is 0 Å². The highest BCUT2D eigenvalue weighted by molar-refractivity contribution is 5.63. The second-order valence-electron chi connectivity index (χ2n) is 3.67. The molecule has 2 heteroatoms. The van der Waals surface area contributed by atoms with Crippen molar-refractivity contribution in [3.05, 3.63) is 24.0 Å². The van der Waals surface area contributed by atoms with E-state index in [4.69, 9.17) is 6.42 Å². The number of aliphatic imine (C=N–C) groups is 1. The van der Waals surface area contributed by atoms with Crippen molar-refractivity contribution in [2.75, 3.05) is 0 Å². The highest BCUT2D eigenvalue weighted by Crippen LogP contribution is 2.20. The van der Waals surface area contributed by atoms with E-state index in [2.05, 4.69) is 29.7 Å². The van der Waals surface area contributed by atoms with Gasteiger partial charge >= 0.3 is 0 Å². The summed E-state index contributed by atoms with van der Waals surface area (Å²) in [6.45, 7) is 4.16. The Bertz CT molecular complexity index is 388. The van der Waals surface area contributed by atoms with Crippen LogP contribution in [0.3, 0.4) is 0 Å². The van der Waals surface area contributed by atoms with Crippen molar-refractivity contribution in [1.29, 1.82) is 0 Å². The maximum atomic E-state index is 5.47. The van der Waals surface area contributed by atoms with E-state index in [1.54, 1.807) is 6.20 Å². The van der Waals surface area contributed by atoms with Crippen LogP contribution in [0.2, 0.25) is 0 Å². The van der Waals surface area contributed by atoms with Gasteiger partial charge in [0.15, 0.2) is 0 Å².